The molecule has 138 valence electrons. The Morgan fingerprint density at radius 2 is 2.00 bits per heavy atom. The highest BCUT2D eigenvalue weighted by molar-refractivity contribution is 5.81. The minimum atomic E-state index is -0.474. The van der Waals surface area contributed by atoms with Gasteiger partial charge in [0.1, 0.15) is 6.61 Å². The van der Waals surface area contributed by atoms with Gasteiger partial charge in [-0.2, -0.15) is 0 Å². The Balaban J connectivity index is 1.76. The molecule has 0 saturated carbocycles. The van der Waals surface area contributed by atoms with Crippen LogP contribution in [0.1, 0.15) is 25.8 Å². The smallest absolute Gasteiger partial charge is 0.410 e. The molecule has 6 heteroatoms. The Morgan fingerprint density at radius 3 is 2.64 bits per heavy atom. The molecule has 1 aliphatic rings. The number of likely N-dealkylation sites (N-methyl/N-ethyl adjacent to an activating group) is 1. The van der Waals surface area contributed by atoms with E-state index in [1.807, 2.05) is 44.2 Å². The van der Waals surface area contributed by atoms with Crippen molar-refractivity contribution in [3.63, 3.8) is 0 Å². The van der Waals surface area contributed by atoms with Crippen molar-refractivity contribution < 1.29 is 14.3 Å². The Morgan fingerprint density at radius 1 is 1.32 bits per heavy atom. The van der Waals surface area contributed by atoms with E-state index in [4.69, 9.17) is 10.5 Å². The van der Waals surface area contributed by atoms with E-state index in [0.717, 1.165) is 12.0 Å². The lowest BCUT2D eigenvalue weighted by Crippen LogP contribution is -2.46. The Labute approximate surface area is 149 Å². The Bertz CT molecular complexity index is 577. The zero-order valence-corrected chi connectivity index (χ0v) is 15.4. The van der Waals surface area contributed by atoms with E-state index in [9.17, 15) is 9.59 Å². The number of nitrogens with zero attached hydrogens (tertiary/aromatic N) is 2. The van der Waals surface area contributed by atoms with Gasteiger partial charge < -0.3 is 20.3 Å². The minimum absolute atomic E-state index is 0.0416. The molecule has 6 nitrogen and oxygen atoms in total. The summed E-state index contributed by atoms with van der Waals surface area (Å²) in [5.74, 6) is 0.334. The maximum absolute atomic E-state index is 12.2. The predicted octanol–water partition coefficient (Wildman–Crippen LogP) is 2.09. The fourth-order valence-electron chi connectivity index (χ4n) is 2.98. The number of carbonyl (C=O) groups is 2. The average molecular weight is 347 g/mol. The lowest BCUT2D eigenvalue weighted by atomic mass is 10.0. The number of rotatable bonds is 6. The molecule has 1 aromatic rings. The third-order valence-electron chi connectivity index (χ3n) is 4.66. The number of amides is 2. The molecule has 1 saturated heterocycles. The molecule has 1 aliphatic heterocycles. The van der Waals surface area contributed by atoms with Gasteiger partial charge in [-0.15, -0.1) is 0 Å². The number of nitrogens with two attached hydrogens (primary N) is 1. The second kappa shape index (κ2) is 8.85. The largest absolute Gasteiger partial charge is 0.445 e. The van der Waals surface area contributed by atoms with Crippen molar-refractivity contribution in [3.05, 3.63) is 35.9 Å². The first-order chi connectivity index (χ1) is 11.9. The highest BCUT2D eigenvalue weighted by Crippen LogP contribution is 2.19. The van der Waals surface area contributed by atoms with Crippen LogP contribution in [-0.2, 0) is 16.1 Å². The summed E-state index contributed by atoms with van der Waals surface area (Å²) in [7, 11) is 1.78. The van der Waals surface area contributed by atoms with Crippen LogP contribution < -0.4 is 5.73 Å². The van der Waals surface area contributed by atoms with Gasteiger partial charge in [0.2, 0.25) is 5.91 Å². The number of carbonyl (C=O) groups excluding carboxylic acids is 2. The van der Waals surface area contributed by atoms with Crippen molar-refractivity contribution in [1.82, 2.24) is 9.80 Å². The maximum Gasteiger partial charge on any atom is 0.410 e. The van der Waals surface area contributed by atoms with Crippen molar-refractivity contribution in [2.75, 3.05) is 26.7 Å². The minimum Gasteiger partial charge on any atom is -0.445 e. The standard InChI is InChI=1S/C19H29N3O3/c1-14(2)17(20)18(23)21(3)11-16-9-10-22(12-16)19(24)25-13-15-7-5-4-6-8-15/h4-8,14,16-17H,9-13,20H2,1-3H3/t16-,17-/m0/s1. The number of hydrogen-bond acceptors (Lipinski definition) is 4. The summed E-state index contributed by atoms with van der Waals surface area (Å²) in [6.45, 7) is 6.05. The summed E-state index contributed by atoms with van der Waals surface area (Å²) in [6.07, 6.45) is 0.578. The molecule has 2 rings (SSSR count). The van der Waals surface area contributed by atoms with Crippen molar-refractivity contribution in [3.8, 4) is 0 Å². The molecule has 0 unspecified atom stereocenters. The van der Waals surface area contributed by atoms with Gasteiger partial charge in [-0.25, -0.2) is 4.79 Å². The molecule has 1 heterocycles. The van der Waals surface area contributed by atoms with E-state index < -0.39 is 6.04 Å². The van der Waals surface area contributed by atoms with Gasteiger partial charge in [-0.3, -0.25) is 4.79 Å². The van der Waals surface area contributed by atoms with Crippen molar-refractivity contribution in [2.24, 2.45) is 17.6 Å². The Kier molecular flexibility index (Phi) is 6.82. The fourth-order valence-corrected chi connectivity index (χ4v) is 2.98. The lowest BCUT2D eigenvalue weighted by Gasteiger charge is -2.26. The monoisotopic (exact) mass is 347 g/mol. The third kappa shape index (κ3) is 5.46. The highest BCUT2D eigenvalue weighted by Gasteiger charge is 2.30. The first kappa shape index (κ1) is 19.2. The van der Waals surface area contributed by atoms with Crippen LogP contribution in [0, 0.1) is 11.8 Å². The second-order valence-corrected chi connectivity index (χ2v) is 7.13. The zero-order chi connectivity index (χ0) is 18.4. The highest BCUT2D eigenvalue weighted by atomic mass is 16.6. The van der Waals surface area contributed by atoms with Crippen LogP contribution in [0.4, 0.5) is 4.79 Å². The van der Waals surface area contributed by atoms with Gasteiger partial charge >= 0.3 is 6.09 Å². The SMILES string of the molecule is CC(C)[C@H](N)C(=O)N(C)C[C@@H]1CCN(C(=O)OCc2ccccc2)C1. The number of ether oxygens (including phenoxy) is 1. The first-order valence-corrected chi connectivity index (χ1v) is 8.84. The molecular weight excluding hydrogens is 318 g/mol. The zero-order valence-electron chi connectivity index (χ0n) is 15.4. The normalized spacial score (nSPS) is 18.3. The molecule has 2 atom stereocenters. The quantitative estimate of drug-likeness (QED) is 0.855. The lowest BCUT2D eigenvalue weighted by molar-refractivity contribution is -0.132. The summed E-state index contributed by atoms with van der Waals surface area (Å²) in [5.41, 5.74) is 6.90. The van der Waals surface area contributed by atoms with Gasteiger partial charge in [-0.05, 0) is 23.8 Å². The molecule has 0 spiro atoms. The molecule has 0 bridgehead atoms. The molecule has 1 aromatic carbocycles. The van der Waals surface area contributed by atoms with Gasteiger partial charge in [0.05, 0.1) is 6.04 Å². The number of hydrogen-bond donors (Lipinski definition) is 1. The average Bonchev–Trinajstić information content (AvgIpc) is 3.07. The van der Waals surface area contributed by atoms with E-state index in [-0.39, 0.29) is 30.4 Å². The topological polar surface area (TPSA) is 75.9 Å². The summed E-state index contributed by atoms with van der Waals surface area (Å²) in [4.78, 5) is 27.8. The van der Waals surface area contributed by atoms with Gasteiger partial charge in [0, 0.05) is 26.7 Å². The third-order valence-corrected chi connectivity index (χ3v) is 4.66. The summed E-state index contributed by atoms with van der Waals surface area (Å²) >= 11 is 0. The van der Waals surface area contributed by atoms with Gasteiger partial charge in [-0.1, -0.05) is 44.2 Å². The molecule has 25 heavy (non-hydrogen) atoms. The predicted molar refractivity (Wildman–Crippen MR) is 96.8 cm³/mol. The van der Waals surface area contributed by atoms with E-state index in [2.05, 4.69) is 0 Å². The van der Waals surface area contributed by atoms with E-state index in [1.165, 1.54) is 0 Å². The van der Waals surface area contributed by atoms with E-state index in [1.54, 1.807) is 16.8 Å². The Hall–Kier alpha value is -2.08. The van der Waals surface area contributed by atoms with Crippen LogP contribution in [0.25, 0.3) is 0 Å². The fraction of sp³-hybridized carbons (Fsp3) is 0.579. The molecule has 2 amide bonds. The van der Waals surface area contributed by atoms with Gasteiger partial charge in [0.25, 0.3) is 0 Å². The maximum atomic E-state index is 12.2. The van der Waals surface area contributed by atoms with Crippen LogP contribution in [0.15, 0.2) is 30.3 Å². The first-order valence-electron chi connectivity index (χ1n) is 8.84. The van der Waals surface area contributed by atoms with Crippen molar-refractivity contribution in [1.29, 1.82) is 0 Å². The summed E-state index contributed by atoms with van der Waals surface area (Å²) in [6, 6.07) is 9.16. The number of likely N-dealkylation sites (tertiary alicyclic amines) is 1. The molecule has 0 radical (unpaired) electrons. The van der Waals surface area contributed by atoms with Gasteiger partial charge in [0.15, 0.2) is 0 Å². The molecule has 2 N–H and O–H groups in total. The van der Waals surface area contributed by atoms with E-state index in [0.29, 0.717) is 19.6 Å². The molecular formula is C19H29N3O3. The van der Waals surface area contributed by atoms with Crippen molar-refractivity contribution in [2.45, 2.75) is 32.9 Å². The summed E-state index contributed by atoms with van der Waals surface area (Å²) < 4.78 is 5.37. The molecule has 1 fully saturated rings. The summed E-state index contributed by atoms with van der Waals surface area (Å²) in [5, 5.41) is 0. The molecule has 0 aromatic heterocycles. The van der Waals surface area contributed by atoms with Crippen LogP contribution in [0.3, 0.4) is 0 Å². The van der Waals surface area contributed by atoms with Crippen LogP contribution in [0.5, 0.6) is 0 Å². The van der Waals surface area contributed by atoms with Crippen molar-refractivity contribution >= 4 is 12.0 Å². The molecule has 0 aliphatic carbocycles. The number of benzene rings is 1. The van der Waals surface area contributed by atoms with Crippen LogP contribution in [-0.4, -0.2) is 54.5 Å². The van der Waals surface area contributed by atoms with Crippen LogP contribution in [0.2, 0.25) is 0 Å². The second-order valence-electron chi connectivity index (χ2n) is 7.13. The van der Waals surface area contributed by atoms with Crippen LogP contribution >= 0.6 is 0 Å². The van der Waals surface area contributed by atoms with E-state index >= 15 is 0 Å².